The Morgan fingerprint density at radius 1 is 0.946 bits per heavy atom. The van der Waals surface area contributed by atoms with E-state index in [-0.39, 0.29) is 27.8 Å². The third kappa shape index (κ3) is 4.96. The van der Waals surface area contributed by atoms with Crippen LogP contribution in [0.1, 0.15) is 84.5 Å². The molecule has 2 saturated heterocycles. The van der Waals surface area contributed by atoms with Crippen LogP contribution in [-0.4, -0.2) is 61.2 Å². The number of carbonyl (C=O) groups excluding carboxylic acids is 2. The van der Waals surface area contributed by atoms with E-state index in [0.29, 0.717) is 35.6 Å². The van der Waals surface area contributed by atoms with Crippen LogP contribution in [0.3, 0.4) is 0 Å². The molecule has 200 valence electrons. The second-order valence-corrected chi connectivity index (χ2v) is 14.5. The first kappa shape index (κ1) is 26.3. The van der Waals surface area contributed by atoms with Crippen molar-refractivity contribution in [3.8, 4) is 0 Å². The highest BCUT2D eigenvalue weighted by atomic mass is 32.2. The van der Waals surface area contributed by atoms with Crippen LogP contribution in [-0.2, 0) is 22.0 Å². The molecule has 0 radical (unpaired) electrons. The molecule has 0 atom stereocenters. The summed E-state index contributed by atoms with van der Waals surface area (Å²) in [5, 5.41) is 7.25. The van der Waals surface area contributed by atoms with Crippen LogP contribution < -0.4 is 10.6 Å². The Labute approximate surface area is 223 Å². The first-order valence-electron chi connectivity index (χ1n) is 13.1. The predicted molar refractivity (Wildman–Crippen MR) is 146 cm³/mol. The zero-order chi connectivity index (χ0) is 26.6. The minimum atomic E-state index is -3.55. The molecule has 4 heterocycles. The van der Waals surface area contributed by atoms with E-state index in [2.05, 4.69) is 38.3 Å². The molecule has 2 N–H and O–H groups in total. The number of fused-ring (bicyclic) bond motifs is 1. The molecule has 0 aliphatic carbocycles. The van der Waals surface area contributed by atoms with Gasteiger partial charge in [-0.1, -0.05) is 0 Å². The Morgan fingerprint density at radius 2 is 1.54 bits per heavy atom. The molecule has 1 aromatic carbocycles. The van der Waals surface area contributed by atoms with E-state index in [0.717, 1.165) is 49.2 Å². The summed E-state index contributed by atoms with van der Waals surface area (Å²) in [6.45, 7) is 11.0. The lowest BCUT2D eigenvalue weighted by molar-refractivity contribution is 0.0792. The molecule has 37 heavy (non-hydrogen) atoms. The van der Waals surface area contributed by atoms with Crippen molar-refractivity contribution in [2.45, 2.75) is 75.8 Å². The molecule has 2 fully saturated rings. The molecule has 3 aliphatic heterocycles. The number of benzene rings is 1. The molecule has 10 heteroatoms. The van der Waals surface area contributed by atoms with Crippen LogP contribution >= 0.6 is 11.3 Å². The Kier molecular flexibility index (Phi) is 6.75. The van der Waals surface area contributed by atoms with E-state index in [9.17, 15) is 18.0 Å². The second kappa shape index (κ2) is 9.48. The number of likely N-dealkylation sites (tertiary alicyclic amines) is 1. The van der Waals surface area contributed by atoms with Crippen LogP contribution in [0.2, 0.25) is 0 Å². The Balaban J connectivity index is 1.46. The van der Waals surface area contributed by atoms with Crippen LogP contribution in [0.5, 0.6) is 0 Å². The summed E-state index contributed by atoms with van der Waals surface area (Å²) < 4.78 is 27.2. The average molecular weight is 545 g/mol. The summed E-state index contributed by atoms with van der Waals surface area (Å²) >= 11 is 1.46. The molecule has 0 spiro atoms. The quantitative estimate of drug-likeness (QED) is 0.589. The van der Waals surface area contributed by atoms with Gasteiger partial charge in [0.25, 0.3) is 11.8 Å². The van der Waals surface area contributed by atoms with Crippen molar-refractivity contribution >= 4 is 38.2 Å². The molecule has 2 aromatic rings. The molecule has 3 aliphatic rings. The highest BCUT2D eigenvalue weighted by Gasteiger charge is 2.42. The van der Waals surface area contributed by atoms with Crippen molar-refractivity contribution < 1.29 is 18.0 Å². The van der Waals surface area contributed by atoms with Gasteiger partial charge < -0.3 is 15.5 Å². The van der Waals surface area contributed by atoms with Crippen molar-refractivity contribution in [1.29, 1.82) is 0 Å². The smallest absolute Gasteiger partial charge is 0.257 e. The minimum absolute atomic E-state index is 0.0224. The van der Waals surface area contributed by atoms with Crippen LogP contribution in [0.4, 0.5) is 5.00 Å². The number of carbonyl (C=O) groups is 2. The second-order valence-electron chi connectivity index (χ2n) is 11.5. The van der Waals surface area contributed by atoms with E-state index in [4.69, 9.17) is 0 Å². The highest BCUT2D eigenvalue weighted by Crippen LogP contribution is 2.45. The lowest BCUT2D eigenvalue weighted by atomic mass is 9.81. The molecule has 0 unspecified atom stereocenters. The van der Waals surface area contributed by atoms with Crippen molar-refractivity contribution in [2.24, 2.45) is 0 Å². The number of anilines is 1. The Morgan fingerprint density at radius 3 is 2.16 bits per heavy atom. The van der Waals surface area contributed by atoms with E-state index in [1.807, 2.05) is 4.90 Å². The predicted octanol–water partition coefficient (Wildman–Crippen LogP) is 4.18. The van der Waals surface area contributed by atoms with Gasteiger partial charge in [0.15, 0.2) is 0 Å². The zero-order valence-corrected chi connectivity index (χ0v) is 23.7. The molecule has 8 nitrogen and oxygen atoms in total. The van der Waals surface area contributed by atoms with Crippen molar-refractivity contribution in [3.63, 3.8) is 0 Å². The maximum absolute atomic E-state index is 13.7. The van der Waals surface area contributed by atoms with Gasteiger partial charge in [0.05, 0.1) is 10.5 Å². The number of amides is 2. The average Bonchev–Trinajstić information content (AvgIpc) is 3.59. The normalized spacial score (nSPS) is 21.1. The van der Waals surface area contributed by atoms with E-state index >= 15 is 0 Å². The van der Waals surface area contributed by atoms with Crippen molar-refractivity contribution in [3.05, 3.63) is 45.8 Å². The van der Waals surface area contributed by atoms with Gasteiger partial charge in [0.1, 0.15) is 5.00 Å². The number of sulfonamides is 1. The molecule has 5 rings (SSSR count). The van der Waals surface area contributed by atoms with Gasteiger partial charge in [-0.3, -0.25) is 9.59 Å². The summed E-state index contributed by atoms with van der Waals surface area (Å²) in [7, 11) is -3.55. The fourth-order valence-electron chi connectivity index (χ4n) is 5.95. The van der Waals surface area contributed by atoms with Gasteiger partial charge in [-0.15, -0.1) is 11.3 Å². The topological polar surface area (TPSA) is 98.8 Å². The maximum Gasteiger partial charge on any atom is 0.257 e. The fraction of sp³-hybridized carbons (Fsp3) is 0.556. The van der Waals surface area contributed by atoms with Crippen LogP contribution in [0.15, 0.2) is 29.2 Å². The molecule has 2 amide bonds. The lowest BCUT2D eigenvalue weighted by Gasteiger charge is -2.42. The van der Waals surface area contributed by atoms with Crippen LogP contribution in [0.25, 0.3) is 0 Å². The number of nitrogens with zero attached hydrogens (tertiary/aromatic N) is 2. The molecular formula is C27H36N4O4S2. The highest BCUT2D eigenvalue weighted by molar-refractivity contribution is 7.89. The summed E-state index contributed by atoms with van der Waals surface area (Å²) in [6, 6.07) is 6.08. The first-order chi connectivity index (χ1) is 17.4. The molecular weight excluding hydrogens is 508 g/mol. The zero-order valence-electron chi connectivity index (χ0n) is 22.0. The lowest BCUT2D eigenvalue weighted by Crippen LogP contribution is -2.55. The fourth-order valence-corrected chi connectivity index (χ4v) is 8.73. The van der Waals surface area contributed by atoms with Gasteiger partial charge in [-0.2, -0.15) is 4.31 Å². The Bertz CT molecular complexity index is 1320. The van der Waals surface area contributed by atoms with Crippen molar-refractivity contribution in [2.75, 3.05) is 31.5 Å². The third-order valence-corrected chi connectivity index (χ3v) is 10.9. The summed E-state index contributed by atoms with van der Waals surface area (Å²) in [4.78, 5) is 30.2. The molecule has 0 saturated carbocycles. The first-order valence-corrected chi connectivity index (χ1v) is 15.3. The van der Waals surface area contributed by atoms with Gasteiger partial charge in [0.2, 0.25) is 10.0 Å². The SMILES string of the molecule is CC1(C)Cc2c(sc(NC(=O)c3ccc(S(=O)(=O)N4CCCC4)cc3)c2C(=O)N2CCCC2)C(C)(C)N1. The van der Waals surface area contributed by atoms with E-state index in [1.165, 1.54) is 27.8 Å². The molecule has 1 aromatic heterocycles. The third-order valence-electron chi connectivity index (χ3n) is 7.50. The van der Waals surface area contributed by atoms with Gasteiger partial charge in [0, 0.05) is 47.7 Å². The monoisotopic (exact) mass is 544 g/mol. The molecule has 0 bridgehead atoms. The minimum Gasteiger partial charge on any atom is -0.339 e. The standard InChI is InChI=1S/C27H36N4O4S2/c1-26(2)17-20-21(25(33)30-13-5-6-14-30)24(36-22(20)27(3,4)29-26)28-23(32)18-9-11-19(12-10-18)37(34,35)31-15-7-8-16-31/h9-12,29H,5-8,13-17H2,1-4H3,(H,28,32). The van der Waals surface area contributed by atoms with Crippen LogP contribution in [0, 0.1) is 0 Å². The summed E-state index contributed by atoms with van der Waals surface area (Å²) in [5.74, 6) is -0.380. The summed E-state index contributed by atoms with van der Waals surface area (Å²) in [5.41, 5.74) is 1.42. The number of rotatable bonds is 5. The number of thiophene rings is 1. The number of hydrogen-bond acceptors (Lipinski definition) is 6. The summed E-state index contributed by atoms with van der Waals surface area (Å²) in [6.07, 6.45) is 4.41. The largest absolute Gasteiger partial charge is 0.339 e. The Hall–Kier alpha value is -2.27. The van der Waals surface area contributed by atoms with Gasteiger partial charge >= 0.3 is 0 Å². The van der Waals surface area contributed by atoms with Crippen molar-refractivity contribution in [1.82, 2.24) is 14.5 Å². The van der Waals surface area contributed by atoms with E-state index in [1.54, 1.807) is 12.1 Å². The van der Waals surface area contributed by atoms with Gasteiger partial charge in [-0.25, -0.2) is 8.42 Å². The number of nitrogens with one attached hydrogen (secondary N) is 2. The maximum atomic E-state index is 13.7. The van der Waals surface area contributed by atoms with E-state index < -0.39 is 10.0 Å². The van der Waals surface area contributed by atoms with Gasteiger partial charge in [-0.05, 0) is 89.6 Å². The number of hydrogen-bond donors (Lipinski definition) is 2.